The Kier molecular flexibility index (Phi) is 3.09. The van der Waals surface area contributed by atoms with Gasteiger partial charge < -0.3 is 4.74 Å². The number of aliphatic imine (C=N–C) groups is 1. The van der Waals surface area contributed by atoms with Crippen molar-refractivity contribution in [1.82, 2.24) is 0 Å². The third-order valence-corrected chi connectivity index (χ3v) is 1.53. The molecule has 0 amide bonds. The van der Waals surface area contributed by atoms with Crippen molar-refractivity contribution in [3.63, 3.8) is 0 Å². The fraction of sp³-hybridized carbons (Fsp3) is 0.111. The van der Waals surface area contributed by atoms with E-state index >= 15 is 0 Å². The number of methoxy groups -OCH3 is 1. The first-order valence-corrected chi connectivity index (χ1v) is 3.64. The summed E-state index contributed by atoms with van der Waals surface area (Å²) in [6.45, 7) is 0. The van der Waals surface area contributed by atoms with Crippen LogP contribution in [0.3, 0.4) is 0 Å². The van der Waals surface area contributed by atoms with Gasteiger partial charge in [0.25, 0.3) is 0 Å². The van der Waals surface area contributed by atoms with E-state index < -0.39 is 11.8 Å². The molecule has 0 radical (unpaired) electrons. The van der Waals surface area contributed by atoms with Crippen molar-refractivity contribution >= 4 is 17.7 Å². The van der Waals surface area contributed by atoms with Gasteiger partial charge in [0.1, 0.15) is 5.82 Å². The Balaban J connectivity index is 3.13. The molecule has 0 fully saturated rings. The Hall–Kier alpha value is -2.00. The zero-order chi connectivity index (χ0) is 10.6. The van der Waals surface area contributed by atoms with Crippen LogP contribution in [0.25, 0.3) is 0 Å². The van der Waals surface area contributed by atoms with Crippen LogP contribution < -0.4 is 0 Å². The molecular formula is C9H6FNO3. The van der Waals surface area contributed by atoms with E-state index in [2.05, 4.69) is 9.73 Å². The normalized spacial score (nSPS) is 9.00. The number of carbonyl (C=O) groups excluding carboxylic acids is 2. The number of ether oxygens (including phenoxy) is 1. The molecule has 0 atom stereocenters. The van der Waals surface area contributed by atoms with Crippen molar-refractivity contribution < 1.29 is 18.7 Å². The molecule has 0 bridgehead atoms. The third-order valence-electron chi connectivity index (χ3n) is 1.53. The van der Waals surface area contributed by atoms with Gasteiger partial charge >= 0.3 is 5.97 Å². The Bertz CT molecular complexity index is 411. The van der Waals surface area contributed by atoms with Gasteiger partial charge in [-0.15, -0.1) is 0 Å². The van der Waals surface area contributed by atoms with Gasteiger partial charge in [0.05, 0.1) is 18.4 Å². The lowest BCUT2D eigenvalue weighted by Gasteiger charge is -2.00. The third kappa shape index (κ3) is 2.02. The fourth-order valence-corrected chi connectivity index (χ4v) is 0.902. The highest BCUT2D eigenvalue weighted by atomic mass is 19.1. The average molecular weight is 195 g/mol. The van der Waals surface area contributed by atoms with Crippen molar-refractivity contribution in [3.05, 3.63) is 29.6 Å². The smallest absolute Gasteiger partial charge is 0.340 e. The van der Waals surface area contributed by atoms with Crippen LogP contribution in [0, 0.1) is 5.82 Å². The van der Waals surface area contributed by atoms with Crippen molar-refractivity contribution in [2.24, 2.45) is 4.99 Å². The highest BCUT2D eigenvalue weighted by molar-refractivity contribution is 5.90. The van der Waals surface area contributed by atoms with Gasteiger partial charge in [-0.25, -0.2) is 14.0 Å². The second kappa shape index (κ2) is 4.30. The molecule has 0 aliphatic carbocycles. The first-order valence-electron chi connectivity index (χ1n) is 3.64. The highest BCUT2D eigenvalue weighted by Crippen LogP contribution is 2.17. The number of carbonyl (C=O) groups is 1. The van der Waals surface area contributed by atoms with Gasteiger partial charge in [-0.1, -0.05) is 0 Å². The molecule has 5 heteroatoms. The van der Waals surface area contributed by atoms with E-state index in [9.17, 15) is 14.0 Å². The molecule has 0 N–H and O–H groups in total. The first-order chi connectivity index (χ1) is 6.69. The van der Waals surface area contributed by atoms with Crippen LogP contribution in [0.15, 0.2) is 23.2 Å². The molecule has 0 spiro atoms. The van der Waals surface area contributed by atoms with Crippen LogP contribution in [0.5, 0.6) is 0 Å². The quantitative estimate of drug-likeness (QED) is 0.409. The van der Waals surface area contributed by atoms with Crippen LogP contribution in [-0.2, 0) is 9.53 Å². The number of benzene rings is 1. The van der Waals surface area contributed by atoms with Gasteiger partial charge in [0.2, 0.25) is 6.08 Å². The fourth-order valence-electron chi connectivity index (χ4n) is 0.902. The van der Waals surface area contributed by atoms with Gasteiger partial charge in [-0.3, -0.25) is 0 Å². The number of hydrogen-bond acceptors (Lipinski definition) is 4. The van der Waals surface area contributed by atoms with Crippen LogP contribution in [0.2, 0.25) is 0 Å². The molecule has 0 saturated heterocycles. The maximum Gasteiger partial charge on any atom is 0.340 e. The van der Waals surface area contributed by atoms with Crippen LogP contribution in [0.1, 0.15) is 10.4 Å². The number of rotatable bonds is 2. The summed E-state index contributed by atoms with van der Waals surface area (Å²) in [4.78, 5) is 24.0. The van der Waals surface area contributed by atoms with Gasteiger partial charge in [-0.05, 0) is 12.1 Å². The summed E-state index contributed by atoms with van der Waals surface area (Å²) in [6, 6.07) is 3.47. The van der Waals surface area contributed by atoms with Crippen molar-refractivity contribution in [1.29, 1.82) is 0 Å². The molecule has 0 aromatic heterocycles. The predicted molar refractivity (Wildman–Crippen MR) is 45.5 cm³/mol. The Labute approximate surface area is 79.0 Å². The van der Waals surface area contributed by atoms with Gasteiger partial charge in [0.15, 0.2) is 0 Å². The first kappa shape index (κ1) is 10.1. The molecule has 14 heavy (non-hydrogen) atoms. The van der Waals surface area contributed by atoms with E-state index in [0.29, 0.717) is 0 Å². The number of hydrogen-bond donors (Lipinski definition) is 0. The standard InChI is InChI=1S/C9H6FNO3/c1-14-9(13)7-3-2-6(11-5-12)4-8(7)10/h2-4H,1H3. The number of esters is 1. The molecule has 72 valence electrons. The Morgan fingerprint density at radius 2 is 2.29 bits per heavy atom. The summed E-state index contributed by atoms with van der Waals surface area (Å²) >= 11 is 0. The zero-order valence-corrected chi connectivity index (χ0v) is 7.28. The van der Waals surface area contributed by atoms with Crippen molar-refractivity contribution in [2.75, 3.05) is 7.11 Å². The maximum absolute atomic E-state index is 13.1. The molecule has 0 saturated carbocycles. The van der Waals surface area contributed by atoms with E-state index in [-0.39, 0.29) is 11.3 Å². The minimum atomic E-state index is -0.784. The molecule has 1 aromatic carbocycles. The lowest BCUT2D eigenvalue weighted by Crippen LogP contribution is -2.03. The molecule has 0 unspecified atom stereocenters. The second-order valence-electron chi connectivity index (χ2n) is 2.36. The largest absolute Gasteiger partial charge is 0.465 e. The van der Waals surface area contributed by atoms with E-state index in [0.717, 1.165) is 13.2 Å². The van der Waals surface area contributed by atoms with Crippen molar-refractivity contribution in [3.8, 4) is 0 Å². The second-order valence-corrected chi connectivity index (χ2v) is 2.36. The highest BCUT2D eigenvalue weighted by Gasteiger charge is 2.11. The minimum Gasteiger partial charge on any atom is -0.465 e. The topological polar surface area (TPSA) is 55.7 Å². The SMILES string of the molecule is COC(=O)c1ccc(N=C=O)cc1F. The number of halogens is 1. The minimum absolute atomic E-state index is 0.102. The molecule has 4 nitrogen and oxygen atoms in total. The van der Waals surface area contributed by atoms with E-state index in [4.69, 9.17) is 0 Å². The Morgan fingerprint density at radius 1 is 1.57 bits per heavy atom. The number of nitrogens with zero attached hydrogens (tertiary/aromatic N) is 1. The lowest BCUT2D eigenvalue weighted by atomic mass is 10.2. The molecule has 1 rings (SSSR count). The summed E-state index contributed by atoms with van der Waals surface area (Å²) < 4.78 is 17.5. The Morgan fingerprint density at radius 3 is 2.79 bits per heavy atom. The summed E-state index contributed by atoms with van der Waals surface area (Å²) in [5.74, 6) is -1.56. The van der Waals surface area contributed by atoms with Crippen LogP contribution >= 0.6 is 0 Å². The number of isocyanates is 1. The van der Waals surface area contributed by atoms with Crippen LogP contribution in [-0.4, -0.2) is 19.2 Å². The maximum atomic E-state index is 13.1. The van der Waals surface area contributed by atoms with Crippen molar-refractivity contribution in [2.45, 2.75) is 0 Å². The molecule has 0 aliphatic rings. The van der Waals surface area contributed by atoms with E-state index in [1.54, 1.807) is 0 Å². The predicted octanol–water partition coefficient (Wildman–Crippen LogP) is 1.58. The van der Waals surface area contributed by atoms with Crippen LogP contribution in [0.4, 0.5) is 10.1 Å². The van der Waals surface area contributed by atoms with Gasteiger partial charge in [-0.2, -0.15) is 4.99 Å². The summed E-state index contributed by atoms with van der Waals surface area (Å²) in [5, 5.41) is 0. The summed E-state index contributed by atoms with van der Waals surface area (Å²) in [7, 11) is 1.15. The van der Waals surface area contributed by atoms with Gasteiger partial charge in [0, 0.05) is 6.07 Å². The zero-order valence-electron chi connectivity index (χ0n) is 7.28. The molecule has 0 heterocycles. The molecule has 0 aliphatic heterocycles. The molecule has 1 aromatic rings. The molecular weight excluding hydrogens is 189 g/mol. The monoisotopic (exact) mass is 195 g/mol. The average Bonchev–Trinajstić information content (AvgIpc) is 2.17. The lowest BCUT2D eigenvalue weighted by molar-refractivity contribution is 0.0595. The van der Waals surface area contributed by atoms with E-state index in [1.165, 1.54) is 18.2 Å². The summed E-state index contributed by atoms with van der Waals surface area (Å²) in [6.07, 6.45) is 1.27. The van der Waals surface area contributed by atoms with E-state index in [1.807, 2.05) is 0 Å². The summed E-state index contributed by atoms with van der Waals surface area (Å²) in [5.41, 5.74) is -0.0949.